The molecule has 1 unspecified atom stereocenters. The Kier molecular flexibility index (Phi) is 4.19. The van der Waals surface area contributed by atoms with Crippen molar-refractivity contribution in [3.05, 3.63) is 63.9 Å². The molecule has 0 spiro atoms. The van der Waals surface area contributed by atoms with E-state index < -0.39 is 0 Å². The molecule has 1 heterocycles. The lowest BCUT2D eigenvalue weighted by Crippen LogP contribution is -1.98. The second-order valence-electron chi connectivity index (χ2n) is 4.05. The van der Waals surface area contributed by atoms with Crippen molar-refractivity contribution in [2.45, 2.75) is 18.7 Å². The van der Waals surface area contributed by atoms with Crippen molar-refractivity contribution >= 4 is 27.5 Å². The maximum absolute atomic E-state index is 6.39. The summed E-state index contributed by atoms with van der Waals surface area (Å²) in [7, 11) is 0. The van der Waals surface area contributed by atoms with E-state index in [4.69, 9.17) is 11.6 Å². The monoisotopic (exact) mass is 309 g/mol. The molecule has 0 bridgehead atoms. The summed E-state index contributed by atoms with van der Waals surface area (Å²) >= 11 is 9.84. The number of alkyl halides is 1. The average molecular weight is 311 g/mol. The van der Waals surface area contributed by atoms with Gasteiger partial charge in [-0.3, -0.25) is 4.98 Å². The van der Waals surface area contributed by atoms with Gasteiger partial charge in [-0.1, -0.05) is 34.1 Å². The first-order valence-corrected chi connectivity index (χ1v) is 6.69. The van der Waals surface area contributed by atoms with Crippen molar-refractivity contribution in [2.75, 3.05) is 0 Å². The summed E-state index contributed by atoms with van der Waals surface area (Å²) in [6.07, 6.45) is 2.62. The molecule has 0 amide bonds. The number of rotatable bonds is 3. The van der Waals surface area contributed by atoms with Crippen LogP contribution in [0.5, 0.6) is 0 Å². The zero-order chi connectivity index (χ0) is 12.3. The summed E-state index contributed by atoms with van der Waals surface area (Å²) in [5, 5.41) is -0.0392. The number of halogens is 2. The van der Waals surface area contributed by atoms with Crippen LogP contribution in [0.3, 0.4) is 0 Å². The number of aryl methyl sites for hydroxylation is 1. The quantitative estimate of drug-likeness (QED) is 0.750. The molecule has 3 heteroatoms. The smallest absolute Gasteiger partial charge is 0.0641 e. The zero-order valence-corrected chi connectivity index (χ0v) is 11.9. The fourth-order valence-corrected chi connectivity index (χ4v) is 2.33. The molecule has 1 atom stereocenters. The van der Waals surface area contributed by atoms with Gasteiger partial charge in [0.1, 0.15) is 0 Å². The van der Waals surface area contributed by atoms with Gasteiger partial charge in [-0.25, -0.2) is 0 Å². The summed E-state index contributed by atoms with van der Waals surface area (Å²) in [6, 6.07) is 12.2. The van der Waals surface area contributed by atoms with Crippen LogP contribution in [0.15, 0.2) is 47.1 Å². The summed E-state index contributed by atoms with van der Waals surface area (Å²) in [4.78, 5) is 4.37. The Bertz CT molecular complexity index is 496. The van der Waals surface area contributed by atoms with Crippen LogP contribution in [-0.2, 0) is 6.42 Å². The minimum absolute atomic E-state index is 0.0392. The normalized spacial score (nSPS) is 12.4. The van der Waals surface area contributed by atoms with Crippen LogP contribution in [0.25, 0.3) is 0 Å². The maximum atomic E-state index is 6.39. The van der Waals surface area contributed by atoms with Crippen LogP contribution in [0, 0.1) is 6.92 Å². The predicted octanol–water partition coefficient (Wildman–Crippen LogP) is 4.68. The number of hydrogen-bond donors (Lipinski definition) is 0. The maximum Gasteiger partial charge on any atom is 0.0641 e. The fourth-order valence-electron chi connectivity index (χ4n) is 1.62. The predicted molar refractivity (Wildman–Crippen MR) is 75.4 cm³/mol. The second-order valence-corrected chi connectivity index (χ2v) is 5.50. The number of pyridine rings is 1. The van der Waals surface area contributed by atoms with Crippen molar-refractivity contribution in [3.8, 4) is 0 Å². The molecule has 0 aliphatic rings. The Labute approximate surface area is 115 Å². The Balaban J connectivity index is 2.11. The topological polar surface area (TPSA) is 12.9 Å². The lowest BCUT2D eigenvalue weighted by atomic mass is 10.1. The molecule has 88 valence electrons. The van der Waals surface area contributed by atoms with Gasteiger partial charge in [0.05, 0.1) is 5.38 Å². The van der Waals surface area contributed by atoms with E-state index in [2.05, 4.69) is 27.0 Å². The van der Waals surface area contributed by atoms with Gasteiger partial charge >= 0.3 is 0 Å². The van der Waals surface area contributed by atoms with E-state index in [1.165, 1.54) is 5.56 Å². The lowest BCUT2D eigenvalue weighted by molar-refractivity contribution is 0.878. The van der Waals surface area contributed by atoms with Gasteiger partial charge in [-0.2, -0.15) is 0 Å². The number of aromatic nitrogens is 1. The molecule has 0 aliphatic heterocycles. The molecule has 0 fully saturated rings. The molecule has 2 rings (SSSR count). The van der Waals surface area contributed by atoms with Crippen LogP contribution >= 0.6 is 27.5 Å². The Morgan fingerprint density at radius 3 is 2.76 bits per heavy atom. The van der Waals surface area contributed by atoms with E-state index in [-0.39, 0.29) is 5.38 Å². The molecule has 0 radical (unpaired) electrons. The summed E-state index contributed by atoms with van der Waals surface area (Å²) < 4.78 is 1.05. The minimum Gasteiger partial charge on any atom is -0.261 e. The number of nitrogens with zero attached hydrogens (tertiary/aromatic N) is 1. The summed E-state index contributed by atoms with van der Waals surface area (Å²) in [5.74, 6) is 0. The van der Waals surface area contributed by atoms with Crippen molar-refractivity contribution in [3.63, 3.8) is 0 Å². The first-order chi connectivity index (χ1) is 8.15. The van der Waals surface area contributed by atoms with E-state index in [0.29, 0.717) is 0 Å². The van der Waals surface area contributed by atoms with Crippen LogP contribution < -0.4 is 0 Å². The summed E-state index contributed by atoms with van der Waals surface area (Å²) in [6.45, 7) is 2.03. The molecule has 0 N–H and O–H groups in total. The highest BCUT2D eigenvalue weighted by Gasteiger charge is 2.09. The Hall–Kier alpha value is -0.860. The SMILES string of the molecule is Cc1ccc(CC(Cl)c2cccc(Br)c2)nc1. The van der Waals surface area contributed by atoms with Gasteiger partial charge < -0.3 is 0 Å². The van der Waals surface area contributed by atoms with Gasteiger partial charge in [-0.05, 0) is 36.2 Å². The first kappa shape index (κ1) is 12.6. The van der Waals surface area contributed by atoms with E-state index in [1.54, 1.807) is 0 Å². The van der Waals surface area contributed by atoms with Gasteiger partial charge in [0.15, 0.2) is 0 Å². The molecule has 0 saturated heterocycles. The third kappa shape index (κ3) is 3.55. The largest absolute Gasteiger partial charge is 0.261 e. The Morgan fingerprint density at radius 1 is 1.29 bits per heavy atom. The van der Waals surface area contributed by atoms with Crippen molar-refractivity contribution in [1.29, 1.82) is 0 Å². The molecule has 0 aliphatic carbocycles. The molecule has 2 aromatic rings. The van der Waals surface area contributed by atoms with Crippen molar-refractivity contribution in [1.82, 2.24) is 4.98 Å². The van der Waals surface area contributed by atoms with Gasteiger partial charge in [0.25, 0.3) is 0 Å². The highest BCUT2D eigenvalue weighted by Crippen LogP contribution is 2.26. The second kappa shape index (κ2) is 5.65. The van der Waals surface area contributed by atoms with Gasteiger partial charge in [0.2, 0.25) is 0 Å². The van der Waals surface area contributed by atoms with Crippen LogP contribution in [0.2, 0.25) is 0 Å². The first-order valence-electron chi connectivity index (χ1n) is 5.46. The van der Waals surface area contributed by atoms with Crippen LogP contribution in [0.1, 0.15) is 22.2 Å². The van der Waals surface area contributed by atoms with Crippen LogP contribution in [0.4, 0.5) is 0 Å². The highest BCUT2D eigenvalue weighted by atomic mass is 79.9. The Morgan fingerprint density at radius 2 is 2.12 bits per heavy atom. The average Bonchev–Trinajstić information content (AvgIpc) is 2.32. The summed E-state index contributed by atoms with van der Waals surface area (Å²) in [5.41, 5.74) is 3.31. The molecule has 17 heavy (non-hydrogen) atoms. The van der Waals surface area contributed by atoms with E-state index >= 15 is 0 Å². The molecule has 1 nitrogen and oxygen atoms in total. The van der Waals surface area contributed by atoms with Gasteiger partial charge in [0, 0.05) is 22.8 Å². The van der Waals surface area contributed by atoms with Crippen molar-refractivity contribution < 1.29 is 0 Å². The standard InChI is InChI=1S/C14H13BrClN/c1-10-5-6-13(17-9-10)8-14(16)11-3-2-4-12(15)7-11/h2-7,9,14H,8H2,1H3. The number of benzene rings is 1. The molecule has 1 aromatic carbocycles. The number of hydrogen-bond acceptors (Lipinski definition) is 1. The fraction of sp³-hybridized carbons (Fsp3) is 0.214. The molecule has 1 aromatic heterocycles. The third-order valence-electron chi connectivity index (χ3n) is 2.57. The lowest BCUT2D eigenvalue weighted by Gasteiger charge is -2.09. The zero-order valence-electron chi connectivity index (χ0n) is 9.53. The molecular weight excluding hydrogens is 298 g/mol. The van der Waals surface area contributed by atoms with Crippen molar-refractivity contribution in [2.24, 2.45) is 0 Å². The molecule has 0 saturated carbocycles. The minimum atomic E-state index is -0.0392. The highest BCUT2D eigenvalue weighted by molar-refractivity contribution is 9.10. The van der Waals surface area contributed by atoms with E-state index in [1.807, 2.05) is 43.5 Å². The van der Waals surface area contributed by atoms with E-state index in [9.17, 15) is 0 Å². The third-order valence-corrected chi connectivity index (χ3v) is 3.47. The van der Waals surface area contributed by atoms with Crippen LogP contribution in [-0.4, -0.2) is 4.98 Å². The van der Waals surface area contributed by atoms with Gasteiger partial charge in [-0.15, -0.1) is 11.6 Å². The van der Waals surface area contributed by atoms with E-state index in [0.717, 1.165) is 22.2 Å². The molecular formula is C14H13BrClN.